The van der Waals surface area contributed by atoms with Crippen molar-refractivity contribution in [1.29, 1.82) is 0 Å². The highest BCUT2D eigenvalue weighted by atomic mass is 79.9. The predicted octanol–water partition coefficient (Wildman–Crippen LogP) is 5.03. The lowest BCUT2D eigenvalue weighted by Crippen LogP contribution is -2.26. The second-order valence-corrected chi connectivity index (χ2v) is 9.66. The van der Waals surface area contributed by atoms with Crippen molar-refractivity contribution >= 4 is 66.7 Å². The van der Waals surface area contributed by atoms with Crippen molar-refractivity contribution in [1.82, 2.24) is 9.88 Å². The average molecular weight is 476 g/mol. The molecule has 1 aliphatic heterocycles. The zero-order chi connectivity index (χ0) is 19.5. The number of nitrogens with zero attached hydrogens (tertiary/aromatic N) is 2. The van der Waals surface area contributed by atoms with Gasteiger partial charge in [0.25, 0.3) is 5.91 Å². The summed E-state index contributed by atoms with van der Waals surface area (Å²) in [6.45, 7) is 1.65. The van der Waals surface area contributed by atoms with Crippen LogP contribution >= 0.6 is 39.0 Å². The Morgan fingerprint density at radius 2 is 2.14 bits per heavy atom. The predicted molar refractivity (Wildman–Crippen MR) is 118 cm³/mol. The molecule has 3 aromatic rings. The number of thioether (sulfide) groups is 1. The first kappa shape index (κ1) is 19.4. The van der Waals surface area contributed by atoms with Crippen molar-refractivity contribution in [3.63, 3.8) is 0 Å². The van der Waals surface area contributed by atoms with Crippen LogP contribution in [0.15, 0.2) is 51.3 Å². The van der Waals surface area contributed by atoms with Crippen LogP contribution in [-0.2, 0) is 4.79 Å². The van der Waals surface area contributed by atoms with E-state index in [0.717, 1.165) is 50.0 Å². The fraction of sp³-hybridized carbons (Fsp3) is 0.250. The van der Waals surface area contributed by atoms with Gasteiger partial charge in [-0.2, -0.15) is 0 Å². The van der Waals surface area contributed by atoms with Crippen LogP contribution in [0.4, 0.5) is 5.69 Å². The van der Waals surface area contributed by atoms with Crippen molar-refractivity contribution < 1.29 is 9.59 Å². The molecule has 2 amide bonds. The minimum Gasteiger partial charge on any atom is -0.342 e. The Bertz CT molecular complexity index is 1040. The van der Waals surface area contributed by atoms with Gasteiger partial charge >= 0.3 is 0 Å². The number of halogens is 1. The molecule has 0 bridgehead atoms. The number of carbonyl (C=O) groups excluding carboxylic acids is 2. The molecule has 28 heavy (non-hydrogen) atoms. The van der Waals surface area contributed by atoms with E-state index in [1.807, 2.05) is 41.3 Å². The highest BCUT2D eigenvalue weighted by Gasteiger charge is 2.19. The summed E-state index contributed by atoms with van der Waals surface area (Å²) in [5, 5.41) is 2.94. The lowest BCUT2D eigenvalue weighted by atomic mass is 10.2. The Morgan fingerprint density at radius 1 is 1.29 bits per heavy atom. The molecule has 0 saturated carbocycles. The number of aromatic nitrogens is 1. The van der Waals surface area contributed by atoms with Gasteiger partial charge in [-0.1, -0.05) is 23.9 Å². The molecule has 0 aliphatic carbocycles. The van der Waals surface area contributed by atoms with E-state index < -0.39 is 0 Å². The van der Waals surface area contributed by atoms with Gasteiger partial charge in [-0.25, -0.2) is 4.98 Å². The monoisotopic (exact) mass is 475 g/mol. The standard InChI is InChI=1S/C20H18BrN3O2S2/c21-15-5-2-1-4-14(15)19(26)22-13-7-8-16-17(12-13)28-20(23-16)27-11-10-24-9-3-6-18(24)25/h1-2,4-5,7-8,12H,3,6,9-11H2,(H,22,26). The van der Waals surface area contributed by atoms with Crippen LogP contribution in [-0.4, -0.2) is 40.5 Å². The summed E-state index contributed by atoms with van der Waals surface area (Å²) in [5.74, 6) is 0.952. The fourth-order valence-corrected chi connectivity index (χ4v) is 5.68. The van der Waals surface area contributed by atoms with Gasteiger partial charge in [0.05, 0.1) is 15.8 Å². The number of hydrogen-bond acceptors (Lipinski definition) is 5. The van der Waals surface area contributed by atoms with Crippen LogP contribution < -0.4 is 5.32 Å². The van der Waals surface area contributed by atoms with E-state index in [1.165, 1.54) is 0 Å². The average Bonchev–Trinajstić information content (AvgIpc) is 3.27. The molecule has 1 aromatic heterocycles. The number of anilines is 1. The Labute approximate surface area is 179 Å². The molecular formula is C20H18BrN3O2S2. The Hall–Kier alpha value is -1.90. The summed E-state index contributed by atoms with van der Waals surface area (Å²) >= 11 is 6.69. The van der Waals surface area contributed by atoms with Gasteiger partial charge < -0.3 is 10.2 Å². The van der Waals surface area contributed by atoms with Crippen molar-refractivity contribution in [3.8, 4) is 0 Å². The van der Waals surface area contributed by atoms with Crippen molar-refractivity contribution in [3.05, 3.63) is 52.5 Å². The van der Waals surface area contributed by atoms with Crippen LogP contribution in [0.5, 0.6) is 0 Å². The SMILES string of the molecule is O=C(Nc1ccc2nc(SCCN3CCCC3=O)sc2c1)c1ccccc1Br. The number of nitrogens with one attached hydrogen (secondary N) is 1. The summed E-state index contributed by atoms with van der Waals surface area (Å²) in [4.78, 5) is 30.7. The van der Waals surface area contributed by atoms with E-state index in [1.54, 1.807) is 29.2 Å². The molecule has 1 saturated heterocycles. The number of hydrogen-bond donors (Lipinski definition) is 1. The van der Waals surface area contributed by atoms with Crippen LogP contribution in [0.1, 0.15) is 23.2 Å². The number of benzene rings is 2. The van der Waals surface area contributed by atoms with Crippen LogP contribution in [0.3, 0.4) is 0 Å². The fourth-order valence-electron chi connectivity index (χ4n) is 3.07. The molecule has 0 atom stereocenters. The number of carbonyl (C=O) groups is 2. The molecule has 144 valence electrons. The maximum Gasteiger partial charge on any atom is 0.256 e. The van der Waals surface area contributed by atoms with Crippen molar-refractivity contribution in [2.75, 3.05) is 24.2 Å². The lowest BCUT2D eigenvalue weighted by molar-refractivity contribution is -0.127. The van der Waals surface area contributed by atoms with Crippen molar-refractivity contribution in [2.24, 2.45) is 0 Å². The summed E-state index contributed by atoms with van der Waals surface area (Å²) < 4.78 is 2.78. The normalized spacial score (nSPS) is 14.0. The van der Waals surface area contributed by atoms with E-state index in [-0.39, 0.29) is 11.8 Å². The number of amides is 2. The second-order valence-electron chi connectivity index (χ2n) is 6.43. The molecule has 0 spiro atoms. The zero-order valence-corrected chi connectivity index (χ0v) is 18.2. The van der Waals surface area contributed by atoms with Crippen molar-refractivity contribution in [2.45, 2.75) is 17.2 Å². The number of thiazole rings is 1. The molecular weight excluding hydrogens is 458 g/mol. The molecule has 2 heterocycles. The first-order valence-corrected chi connectivity index (χ1v) is 11.6. The molecule has 2 aromatic carbocycles. The third kappa shape index (κ3) is 4.39. The van der Waals surface area contributed by atoms with E-state index in [2.05, 4.69) is 26.2 Å². The lowest BCUT2D eigenvalue weighted by Gasteiger charge is -2.13. The number of likely N-dealkylation sites (tertiary alicyclic amines) is 1. The second kappa shape index (κ2) is 8.63. The largest absolute Gasteiger partial charge is 0.342 e. The summed E-state index contributed by atoms with van der Waals surface area (Å²) in [6, 6.07) is 13.1. The first-order valence-electron chi connectivity index (χ1n) is 8.97. The number of rotatable bonds is 6. The maximum absolute atomic E-state index is 12.5. The van der Waals surface area contributed by atoms with E-state index >= 15 is 0 Å². The van der Waals surface area contributed by atoms with E-state index in [0.29, 0.717) is 12.0 Å². The van der Waals surface area contributed by atoms with Gasteiger partial charge in [-0.15, -0.1) is 11.3 Å². The molecule has 0 radical (unpaired) electrons. The minimum atomic E-state index is -0.152. The number of fused-ring (bicyclic) bond motifs is 1. The molecule has 1 fully saturated rings. The molecule has 1 aliphatic rings. The first-order chi connectivity index (χ1) is 13.6. The Morgan fingerprint density at radius 3 is 2.93 bits per heavy atom. The van der Waals surface area contributed by atoms with E-state index in [4.69, 9.17) is 0 Å². The topological polar surface area (TPSA) is 62.3 Å². The third-order valence-corrected chi connectivity index (χ3v) is 7.34. The van der Waals surface area contributed by atoms with Gasteiger partial charge in [0, 0.05) is 35.4 Å². The van der Waals surface area contributed by atoms with Crippen LogP contribution in [0, 0.1) is 0 Å². The Kier molecular flexibility index (Phi) is 5.99. The van der Waals surface area contributed by atoms with Gasteiger partial charge in [0.2, 0.25) is 5.91 Å². The minimum absolute atomic E-state index is 0.152. The summed E-state index contributed by atoms with van der Waals surface area (Å²) in [6.07, 6.45) is 1.65. The van der Waals surface area contributed by atoms with Gasteiger partial charge in [0.15, 0.2) is 4.34 Å². The quantitative estimate of drug-likeness (QED) is 0.508. The summed E-state index contributed by atoms with van der Waals surface area (Å²) in [7, 11) is 0. The Balaban J connectivity index is 1.41. The van der Waals surface area contributed by atoms with Crippen LogP contribution in [0.2, 0.25) is 0 Å². The molecule has 5 nitrogen and oxygen atoms in total. The highest BCUT2D eigenvalue weighted by Crippen LogP contribution is 2.31. The van der Waals surface area contributed by atoms with Gasteiger partial charge in [-0.05, 0) is 52.7 Å². The summed E-state index contributed by atoms with van der Waals surface area (Å²) in [5.41, 5.74) is 2.26. The van der Waals surface area contributed by atoms with E-state index in [9.17, 15) is 9.59 Å². The molecule has 0 unspecified atom stereocenters. The zero-order valence-electron chi connectivity index (χ0n) is 15.0. The van der Waals surface area contributed by atoms with Gasteiger partial charge in [0.1, 0.15) is 0 Å². The highest BCUT2D eigenvalue weighted by molar-refractivity contribution is 9.10. The molecule has 4 rings (SSSR count). The third-order valence-electron chi connectivity index (χ3n) is 4.50. The maximum atomic E-state index is 12.5. The molecule has 8 heteroatoms. The van der Waals surface area contributed by atoms with Gasteiger partial charge in [-0.3, -0.25) is 9.59 Å². The smallest absolute Gasteiger partial charge is 0.256 e. The van der Waals surface area contributed by atoms with Crippen LogP contribution in [0.25, 0.3) is 10.2 Å². The molecule has 1 N–H and O–H groups in total.